The highest BCUT2D eigenvalue weighted by Gasteiger charge is 2.17. The van der Waals surface area contributed by atoms with Gasteiger partial charge in [0.05, 0.1) is 17.8 Å². The van der Waals surface area contributed by atoms with E-state index < -0.39 is 4.92 Å². The third-order valence-electron chi connectivity index (χ3n) is 4.91. The number of ether oxygens (including phenoxy) is 1. The zero-order chi connectivity index (χ0) is 23.9. The van der Waals surface area contributed by atoms with E-state index in [1.807, 2.05) is 59.2 Å². The standard InChI is InChI=1S/C24H21N5O4S/c1-33-21-12-10-19(11-13-21)28-22(14-17-6-3-2-4-7-17)26-27-24(28)34-16-23(30)25-18-8-5-9-20(15-18)29(31)32/h2-13,15H,14,16H2,1H3,(H,25,30). The van der Waals surface area contributed by atoms with E-state index >= 15 is 0 Å². The fourth-order valence-electron chi connectivity index (χ4n) is 3.30. The molecule has 0 radical (unpaired) electrons. The number of rotatable bonds is 9. The SMILES string of the molecule is COc1ccc(-n2c(Cc3ccccc3)nnc2SCC(=O)Nc2cccc([N+](=O)[O-])c2)cc1. The predicted molar refractivity (Wildman–Crippen MR) is 130 cm³/mol. The van der Waals surface area contributed by atoms with Crippen molar-refractivity contribution in [3.63, 3.8) is 0 Å². The third kappa shape index (κ3) is 5.59. The van der Waals surface area contributed by atoms with Crippen molar-refractivity contribution in [1.82, 2.24) is 14.8 Å². The summed E-state index contributed by atoms with van der Waals surface area (Å²) in [7, 11) is 1.61. The zero-order valence-electron chi connectivity index (χ0n) is 18.2. The number of carbonyl (C=O) groups is 1. The van der Waals surface area contributed by atoms with Crippen LogP contribution in [0, 0.1) is 10.1 Å². The van der Waals surface area contributed by atoms with Crippen molar-refractivity contribution in [2.75, 3.05) is 18.2 Å². The number of nitrogens with one attached hydrogen (secondary N) is 1. The summed E-state index contributed by atoms with van der Waals surface area (Å²) in [5.41, 5.74) is 2.21. The van der Waals surface area contributed by atoms with E-state index in [2.05, 4.69) is 15.5 Å². The van der Waals surface area contributed by atoms with Gasteiger partial charge in [0.2, 0.25) is 5.91 Å². The lowest BCUT2D eigenvalue weighted by atomic mass is 10.1. The van der Waals surface area contributed by atoms with Crippen LogP contribution in [0.15, 0.2) is 84.0 Å². The number of non-ortho nitro benzene ring substituents is 1. The molecule has 0 aliphatic rings. The molecule has 0 saturated heterocycles. The Morgan fingerprint density at radius 1 is 1.06 bits per heavy atom. The van der Waals surface area contributed by atoms with Crippen LogP contribution < -0.4 is 10.1 Å². The van der Waals surface area contributed by atoms with Gasteiger partial charge < -0.3 is 10.1 Å². The van der Waals surface area contributed by atoms with Crippen LogP contribution in [0.2, 0.25) is 0 Å². The summed E-state index contributed by atoms with van der Waals surface area (Å²) >= 11 is 1.23. The minimum absolute atomic E-state index is 0.0579. The maximum absolute atomic E-state index is 12.5. The van der Waals surface area contributed by atoms with Gasteiger partial charge in [0, 0.05) is 29.9 Å². The van der Waals surface area contributed by atoms with Crippen molar-refractivity contribution in [3.05, 3.63) is 100 Å². The fourth-order valence-corrected chi connectivity index (χ4v) is 4.07. The van der Waals surface area contributed by atoms with E-state index in [9.17, 15) is 14.9 Å². The van der Waals surface area contributed by atoms with E-state index in [0.717, 1.165) is 22.8 Å². The molecule has 0 aliphatic heterocycles. The van der Waals surface area contributed by atoms with Crippen LogP contribution >= 0.6 is 11.8 Å². The summed E-state index contributed by atoms with van der Waals surface area (Å²) in [6.07, 6.45) is 0.570. The van der Waals surface area contributed by atoms with Crippen LogP contribution in [0.4, 0.5) is 11.4 Å². The van der Waals surface area contributed by atoms with Crippen molar-refractivity contribution in [1.29, 1.82) is 0 Å². The molecule has 1 heterocycles. The highest BCUT2D eigenvalue weighted by molar-refractivity contribution is 7.99. The topological polar surface area (TPSA) is 112 Å². The summed E-state index contributed by atoms with van der Waals surface area (Å²) in [6.45, 7) is 0. The Morgan fingerprint density at radius 3 is 2.53 bits per heavy atom. The Hall–Kier alpha value is -4.18. The number of hydrogen-bond donors (Lipinski definition) is 1. The summed E-state index contributed by atoms with van der Waals surface area (Å²) < 4.78 is 7.18. The van der Waals surface area contributed by atoms with Gasteiger partial charge in [0.1, 0.15) is 11.6 Å². The minimum atomic E-state index is -0.504. The number of anilines is 1. The molecule has 0 unspecified atom stereocenters. The summed E-state index contributed by atoms with van der Waals surface area (Å²) in [4.78, 5) is 23.0. The van der Waals surface area contributed by atoms with Gasteiger partial charge in [-0.15, -0.1) is 10.2 Å². The molecule has 1 amide bonds. The molecule has 34 heavy (non-hydrogen) atoms. The van der Waals surface area contributed by atoms with Gasteiger partial charge in [-0.25, -0.2) is 0 Å². The minimum Gasteiger partial charge on any atom is -0.497 e. The van der Waals surface area contributed by atoms with Gasteiger partial charge >= 0.3 is 0 Å². The second-order valence-corrected chi connectivity index (χ2v) is 8.18. The molecular formula is C24H21N5O4S. The number of nitro benzene ring substituents is 1. The zero-order valence-corrected chi connectivity index (χ0v) is 19.1. The molecule has 4 rings (SSSR count). The number of methoxy groups -OCH3 is 1. The number of thioether (sulfide) groups is 1. The van der Waals surface area contributed by atoms with Gasteiger partial charge in [-0.1, -0.05) is 48.2 Å². The first kappa shape index (κ1) is 23.0. The molecule has 0 spiro atoms. The van der Waals surface area contributed by atoms with Gasteiger partial charge in [0.25, 0.3) is 5.69 Å². The number of nitro groups is 1. The fraction of sp³-hybridized carbons (Fsp3) is 0.125. The van der Waals surface area contributed by atoms with E-state index in [1.54, 1.807) is 13.2 Å². The second-order valence-electron chi connectivity index (χ2n) is 7.24. The second kappa shape index (κ2) is 10.6. The van der Waals surface area contributed by atoms with Crippen LogP contribution in [0.5, 0.6) is 5.75 Å². The van der Waals surface area contributed by atoms with Crippen LogP contribution in [-0.2, 0) is 11.2 Å². The summed E-state index contributed by atoms with van der Waals surface area (Å²) in [6, 6.07) is 23.3. The van der Waals surface area contributed by atoms with E-state index in [0.29, 0.717) is 17.3 Å². The molecule has 10 heteroatoms. The maximum atomic E-state index is 12.5. The normalized spacial score (nSPS) is 10.6. The Bertz CT molecular complexity index is 1290. The van der Waals surface area contributed by atoms with Gasteiger partial charge in [0.15, 0.2) is 5.16 Å². The molecule has 0 fully saturated rings. The predicted octanol–water partition coefficient (Wildman–Crippen LogP) is 4.51. The van der Waals surface area contributed by atoms with Crippen molar-refractivity contribution in [3.8, 4) is 11.4 Å². The Morgan fingerprint density at radius 2 is 1.82 bits per heavy atom. The largest absolute Gasteiger partial charge is 0.497 e. The molecule has 0 saturated carbocycles. The smallest absolute Gasteiger partial charge is 0.271 e. The van der Waals surface area contributed by atoms with Crippen molar-refractivity contribution >= 4 is 29.0 Å². The number of hydrogen-bond acceptors (Lipinski definition) is 7. The van der Waals surface area contributed by atoms with Gasteiger partial charge in [-0.05, 0) is 35.9 Å². The van der Waals surface area contributed by atoms with Crippen molar-refractivity contribution in [2.24, 2.45) is 0 Å². The summed E-state index contributed by atoms with van der Waals surface area (Å²) in [5.74, 6) is 1.21. The van der Waals surface area contributed by atoms with Crippen molar-refractivity contribution in [2.45, 2.75) is 11.6 Å². The molecular weight excluding hydrogens is 454 g/mol. The Balaban J connectivity index is 1.54. The summed E-state index contributed by atoms with van der Waals surface area (Å²) in [5, 5.41) is 22.9. The quantitative estimate of drug-likeness (QED) is 0.215. The molecule has 4 aromatic rings. The van der Waals surface area contributed by atoms with E-state index in [-0.39, 0.29) is 17.3 Å². The number of benzene rings is 3. The highest BCUT2D eigenvalue weighted by atomic mass is 32.2. The molecule has 172 valence electrons. The molecule has 1 N–H and O–H groups in total. The van der Waals surface area contributed by atoms with E-state index in [4.69, 9.17) is 4.74 Å². The lowest BCUT2D eigenvalue weighted by molar-refractivity contribution is -0.384. The third-order valence-corrected chi connectivity index (χ3v) is 5.84. The molecule has 9 nitrogen and oxygen atoms in total. The number of nitrogens with zero attached hydrogens (tertiary/aromatic N) is 4. The first-order chi connectivity index (χ1) is 16.5. The lowest BCUT2D eigenvalue weighted by Gasteiger charge is -2.11. The molecule has 0 bridgehead atoms. The van der Waals surface area contributed by atoms with Crippen LogP contribution in [0.1, 0.15) is 11.4 Å². The first-order valence-electron chi connectivity index (χ1n) is 10.3. The average molecular weight is 476 g/mol. The molecule has 3 aromatic carbocycles. The number of amides is 1. The first-order valence-corrected chi connectivity index (χ1v) is 11.3. The van der Waals surface area contributed by atoms with Gasteiger partial charge in [-0.2, -0.15) is 0 Å². The lowest BCUT2D eigenvalue weighted by Crippen LogP contribution is -2.14. The van der Waals surface area contributed by atoms with Gasteiger partial charge in [-0.3, -0.25) is 19.5 Å². The average Bonchev–Trinajstić information content (AvgIpc) is 3.25. The number of carbonyl (C=O) groups excluding carboxylic acids is 1. The highest BCUT2D eigenvalue weighted by Crippen LogP contribution is 2.25. The molecule has 0 atom stereocenters. The monoisotopic (exact) mass is 475 g/mol. The van der Waals surface area contributed by atoms with Crippen LogP contribution in [-0.4, -0.2) is 38.5 Å². The van der Waals surface area contributed by atoms with E-state index in [1.165, 1.54) is 30.0 Å². The van der Waals surface area contributed by atoms with Crippen LogP contribution in [0.3, 0.4) is 0 Å². The molecule has 0 aliphatic carbocycles. The maximum Gasteiger partial charge on any atom is 0.271 e. The Labute approximate surface area is 199 Å². The van der Waals surface area contributed by atoms with Crippen LogP contribution in [0.25, 0.3) is 5.69 Å². The molecule has 1 aromatic heterocycles. The van der Waals surface area contributed by atoms with Crippen molar-refractivity contribution < 1.29 is 14.5 Å². The number of aromatic nitrogens is 3. The Kier molecular flexibility index (Phi) is 7.19.